The van der Waals surface area contributed by atoms with Crippen LogP contribution in [0.5, 0.6) is 0 Å². The first kappa shape index (κ1) is 46.7. The molecule has 29 heteroatoms. The molecule has 25 nitrogen and oxygen atoms in total. The Kier molecular flexibility index (Phi) is 15.8. The number of phosphoric acid groups is 3. The highest BCUT2D eigenvalue weighted by Crippen LogP contribution is 2.56. The molecule has 1 aliphatic heterocycles. The Morgan fingerprint density at radius 1 is 1.11 bits per heavy atom. The number of aliphatic hydroxyl groups excluding tert-OH is 2. The zero-order valence-corrected chi connectivity index (χ0v) is 33.5. The molecule has 2 unspecified atom stereocenters. The second-order valence-corrected chi connectivity index (χ2v) is 18.2. The van der Waals surface area contributed by atoms with Crippen LogP contribution >= 0.6 is 35.2 Å². The number of aliphatic hydroxyl groups is 2. The number of hydrogen-bond acceptors (Lipinski definition) is 23. The molecule has 2 aromatic heterocycles. The lowest BCUT2D eigenvalue weighted by atomic mass is 9.87. The van der Waals surface area contributed by atoms with E-state index in [4.69, 9.17) is 10.5 Å². The van der Waals surface area contributed by atoms with Crippen LogP contribution in [0.15, 0.2) is 24.3 Å². The number of ketones is 1. The number of phosphoric ester groups is 3. The molecule has 1 aliphatic carbocycles. The minimum absolute atomic E-state index is 0.0275. The number of nitrogens with one attached hydrogen (secondary N) is 2. The van der Waals surface area contributed by atoms with Crippen molar-refractivity contribution in [2.24, 2.45) is 5.41 Å². The number of ether oxygens (including phenoxy) is 1. The molecule has 2 amide bonds. The first-order valence-electron chi connectivity index (χ1n) is 16.7. The number of thioether (sulfide) groups is 1. The van der Waals surface area contributed by atoms with E-state index in [0.717, 1.165) is 29.0 Å². The number of carbonyl (C=O) groups excluding carboxylic acids is 4. The predicted octanol–water partition coefficient (Wildman–Crippen LogP) is -3.18. The standard InChI is InChI=1S/C28H42N7O18P3S/c1-28(2,22(39)25(40)31-8-7-18(37)30-9-10-57-27(41)15-5-3-4-6-16(15)36)12-50-56(47,48)53-55(45,46)49-11-17-21(52-54(42,43)44)20(38)26(51-17)35-14-34-19-23(29)32-13-33-24(19)35/h5,13-14,17,20-22,26,38-39H,3-4,6-12H2,1-2H3,(H,30,37)(H,31,40)(H,45,46)(H,47,48)(H2,29,32,33)(H2,42,43,44)/p-4/t17-,20-,21-,22+,26-/m1/s1. The van der Waals surface area contributed by atoms with E-state index in [1.807, 2.05) is 0 Å². The first-order valence-corrected chi connectivity index (χ1v) is 22.1. The molecule has 2 aliphatic rings. The van der Waals surface area contributed by atoms with E-state index in [1.165, 1.54) is 13.8 Å². The van der Waals surface area contributed by atoms with Crippen molar-refractivity contribution in [2.75, 3.05) is 37.8 Å². The topological polar surface area (TPSA) is 392 Å². The van der Waals surface area contributed by atoms with Crippen molar-refractivity contribution >= 4 is 74.9 Å². The smallest absolute Gasteiger partial charge is 0.274 e. The van der Waals surface area contributed by atoms with Crippen LogP contribution in [-0.2, 0) is 55.5 Å². The third-order valence-electron chi connectivity index (χ3n) is 8.19. The normalized spacial score (nSPS) is 23.0. The van der Waals surface area contributed by atoms with Gasteiger partial charge in [0.15, 0.2) is 23.5 Å². The van der Waals surface area contributed by atoms with Gasteiger partial charge in [0.1, 0.15) is 36.3 Å². The quantitative estimate of drug-likeness (QED) is 0.0497. The van der Waals surface area contributed by atoms with Gasteiger partial charge in [-0.15, -0.1) is 0 Å². The highest BCUT2D eigenvalue weighted by molar-refractivity contribution is 8.14. The Labute approximate surface area is 327 Å². The number of allylic oxidation sites excluding steroid dienone is 1. The SMILES string of the molecule is CC(C)(COP(=O)([O-])OP(=O)([O-])OC[C@H]1O[C@@H](n2cnc3c(N)ncnc32)[C@H](O)[C@@H]1OP(=O)([O-])[O-])[C@@H](O)C(=O)NCCC(=O)NCCSC(=O)C1=CCCCC1=O. The summed E-state index contributed by atoms with van der Waals surface area (Å²) in [7, 11) is -17.6. The predicted molar refractivity (Wildman–Crippen MR) is 185 cm³/mol. The monoisotopic (exact) mass is 885 g/mol. The number of anilines is 1. The van der Waals surface area contributed by atoms with Crippen LogP contribution in [0.1, 0.15) is 45.8 Å². The molecule has 0 aromatic carbocycles. The summed E-state index contributed by atoms with van der Waals surface area (Å²) >= 11 is 0.880. The fraction of sp³-hybridized carbons (Fsp3) is 0.607. The van der Waals surface area contributed by atoms with Crippen LogP contribution in [0.4, 0.5) is 5.82 Å². The van der Waals surface area contributed by atoms with E-state index in [0.29, 0.717) is 19.3 Å². The molecule has 1 saturated heterocycles. The minimum Gasteiger partial charge on any atom is -0.790 e. The van der Waals surface area contributed by atoms with Crippen molar-refractivity contribution in [1.82, 2.24) is 30.2 Å². The third-order valence-corrected chi connectivity index (χ3v) is 12.1. The number of amides is 2. The third kappa shape index (κ3) is 13.2. The van der Waals surface area contributed by atoms with Crippen LogP contribution < -0.4 is 35.9 Å². The maximum Gasteiger partial charge on any atom is 0.274 e. The van der Waals surface area contributed by atoms with Gasteiger partial charge in [0.25, 0.3) is 15.6 Å². The number of hydrogen-bond donors (Lipinski definition) is 5. The van der Waals surface area contributed by atoms with Crippen LogP contribution in [0, 0.1) is 5.41 Å². The molecule has 6 N–H and O–H groups in total. The number of fused-ring (bicyclic) bond motifs is 1. The molecule has 0 bridgehead atoms. The molecule has 3 heterocycles. The Morgan fingerprint density at radius 2 is 1.81 bits per heavy atom. The summed E-state index contributed by atoms with van der Waals surface area (Å²) in [6.07, 6.45) is -4.47. The Balaban J connectivity index is 1.23. The lowest BCUT2D eigenvalue weighted by Gasteiger charge is -2.36. The van der Waals surface area contributed by atoms with E-state index < -0.39 is 84.6 Å². The highest BCUT2D eigenvalue weighted by Gasteiger charge is 2.47. The summed E-state index contributed by atoms with van der Waals surface area (Å²) < 4.78 is 60.5. The lowest BCUT2D eigenvalue weighted by molar-refractivity contribution is -0.347. The van der Waals surface area contributed by atoms with Crippen LogP contribution in [-0.4, -0.2) is 109 Å². The molecule has 4 rings (SSSR count). The molecule has 1 fully saturated rings. The van der Waals surface area contributed by atoms with Gasteiger partial charge in [-0.05, 0) is 12.8 Å². The lowest BCUT2D eigenvalue weighted by Crippen LogP contribution is -2.46. The molecule has 0 spiro atoms. The summed E-state index contributed by atoms with van der Waals surface area (Å²) in [4.78, 5) is 108. The largest absolute Gasteiger partial charge is 0.790 e. The Bertz CT molecular complexity index is 2000. The summed E-state index contributed by atoms with van der Waals surface area (Å²) in [6, 6.07) is 0. The van der Waals surface area contributed by atoms with E-state index in [1.54, 1.807) is 6.08 Å². The number of rotatable bonds is 20. The number of Topliss-reactive ketones (excluding diaryl/α,β-unsaturated/α-hetero) is 1. The number of nitrogen functional groups attached to an aromatic ring is 1. The minimum atomic E-state index is -5.93. The van der Waals surface area contributed by atoms with Gasteiger partial charge in [-0.1, -0.05) is 31.7 Å². The molecule has 57 heavy (non-hydrogen) atoms. The van der Waals surface area contributed by atoms with Gasteiger partial charge in [-0.2, -0.15) is 0 Å². The maximum absolute atomic E-state index is 12.5. The van der Waals surface area contributed by atoms with Gasteiger partial charge in [0.2, 0.25) is 16.9 Å². The van der Waals surface area contributed by atoms with Gasteiger partial charge in [0, 0.05) is 37.1 Å². The Hall–Kier alpha value is -3.03. The number of imidazole rings is 1. The Morgan fingerprint density at radius 3 is 2.49 bits per heavy atom. The van der Waals surface area contributed by atoms with Crippen molar-refractivity contribution < 1.29 is 85.3 Å². The van der Waals surface area contributed by atoms with Crippen LogP contribution in [0.3, 0.4) is 0 Å². The van der Waals surface area contributed by atoms with Crippen molar-refractivity contribution in [3.05, 3.63) is 24.3 Å². The van der Waals surface area contributed by atoms with Crippen molar-refractivity contribution in [3.63, 3.8) is 0 Å². The van der Waals surface area contributed by atoms with E-state index in [2.05, 4.69) is 43.5 Å². The summed E-state index contributed by atoms with van der Waals surface area (Å²) in [5, 5.41) is 25.8. The van der Waals surface area contributed by atoms with Crippen molar-refractivity contribution in [2.45, 2.75) is 70.2 Å². The maximum atomic E-state index is 12.5. The average molecular weight is 886 g/mol. The molecule has 318 valence electrons. The van der Waals surface area contributed by atoms with Gasteiger partial charge in [-0.3, -0.25) is 32.9 Å². The number of nitrogens with two attached hydrogens (primary N) is 1. The fourth-order valence-electron chi connectivity index (χ4n) is 5.28. The van der Waals surface area contributed by atoms with Crippen molar-refractivity contribution in [1.29, 1.82) is 0 Å². The highest BCUT2D eigenvalue weighted by atomic mass is 32.2. The summed E-state index contributed by atoms with van der Waals surface area (Å²) in [6.45, 7) is -0.103. The van der Waals surface area contributed by atoms with Gasteiger partial charge >= 0.3 is 0 Å². The number of nitrogens with zero attached hydrogens (tertiary/aromatic N) is 4. The van der Waals surface area contributed by atoms with Gasteiger partial charge in [0.05, 0.1) is 32.9 Å². The molecule has 0 saturated carbocycles. The van der Waals surface area contributed by atoms with Crippen molar-refractivity contribution in [3.8, 4) is 0 Å². The number of carbonyl (C=O) groups is 4. The second-order valence-electron chi connectivity index (χ2n) is 13.1. The molecular formula is C28H38N7O18P3S-4. The summed E-state index contributed by atoms with van der Waals surface area (Å²) in [5.74, 6) is -1.66. The van der Waals surface area contributed by atoms with E-state index >= 15 is 0 Å². The van der Waals surface area contributed by atoms with E-state index in [-0.39, 0.29) is 58.7 Å². The number of aromatic nitrogens is 4. The molecule has 7 atom stereocenters. The van der Waals surface area contributed by atoms with Crippen LogP contribution in [0.2, 0.25) is 0 Å². The fourth-order valence-corrected chi connectivity index (χ4v) is 8.76. The van der Waals surface area contributed by atoms with Gasteiger partial charge in [-0.25, -0.2) is 19.3 Å². The van der Waals surface area contributed by atoms with E-state index in [9.17, 15) is 62.7 Å². The zero-order valence-electron chi connectivity index (χ0n) is 30.0. The summed E-state index contributed by atoms with van der Waals surface area (Å²) in [5.41, 5.74) is 4.18. The second kappa shape index (κ2) is 19.4. The average Bonchev–Trinajstić information content (AvgIpc) is 3.68. The molecule has 0 radical (unpaired) electrons. The van der Waals surface area contributed by atoms with Gasteiger partial charge < -0.3 is 69.0 Å². The zero-order chi connectivity index (χ0) is 42.3. The first-order chi connectivity index (χ1) is 26.5. The van der Waals surface area contributed by atoms with Crippen LogP contribution in [0.25, 0.3) is 11.2 Å². The molecule has 2 aromatic rings. The molecular weight excluding hydrogens is 847 g/mol.